The minimum Gasteiger partial charge on any atom is -0.493 e. The number of rotatable bonds is 6. The van der Waals surface area contributed by atoms with Crippen molar-refractivity contribution in [1.29, 1.82) is 0 Å². The van der Waals surface area contributed by atoms with Gasteiger partial charge in [-0.25, -0.2) is 4.98 Å². The van der Waals surface area contributed by atoms with Gasteiger partial charge in [0.25, 0.3) is 0 Å². The molecule has 3 rings (SSSR count). The van der Waals surface area contributed by atoms with Crippen LogP contribution in [0.1, 0.15) is 10.4 Å². The van der Waals surface area contributed by atoms with Gasteiger partial charge in [0.2, 0.25) is 0 Å². The second-order valence-electron chi connectivity index (χ2n) is 5.39. The molecule has 0 aliphatic heterocycles. The molecule has 1 aromatic heterocycles. The van der Waals surface area contributed by atoms with E-state index >= 15 is 0 Å². The van der Waals surface area contributed by atoms with E-state index < -0.39 is 11.7 Å². The van der Waals surface area contributed by atoms with Crippen LogP contribution < -0.4 is 14.8 Å². The van der Waals surface area contributed by atoms with Crippen molar-refractivity contribution in [3.05, 3.63) is 63.6 Å². The Kier molecular flexibility index (Phi) is 5.76. The molecule has 4 nitrogen and oxygen atoms in total. The SMILES string of the molecule is COc1ccccc1Oc1ccc(C(F)(F)F)cc1NCc1cnc(Cl)s1. The summed E-state index contributed by atoms with van der Waals surface area (Å²) in [6.07, 6.45) is -2.90. The minimum atomic E-state index is -4.47. The molecule has 0 saturated heterocycles. The third-order valence-corrected chi connectivity index (χ3v) is 4.69. The minimum absolute atomic E-state index is 0.195. The highest BCUT2D eigenvalue weighted by atomic mass is 35.5. The first kappa shape index (κ1) is 19.3. The fraction of sp³-hybridized carbons (Fsp3) is 0.167. The fourth-order valence-electron chi connectivity index (χ4n) is 2.30. The number of anilines is 1. The predicted molar refractivity (Wildman–Crippen MR) is 99.0 cm³/mol. The highest BCUT2D eigenvalue weighted by Crippen LogP contribution is 2.39. The molecule has 0 atom stereocenters. The van der Waals surface area contributed by atoms with Crippen LogP contribution in [0.15, 0.2) is 48.7 Å². The predicted octanol–water partition coefficient (Wildman–Crippen LogP) is 6.23. The van der Waals surface area contributed by atoms with Crippen LogP contribution in [0.4, 0.5) is 18.9 Å². The number of halogens is 4. The van der Waals surface area contributed by atoms with Gasteiger partial charge in [-0.3, -0.25) is 0 Å². The molecule has 0 radical (unpaired) electrons. The molecule has 0 amide bonds. The molecule has 1 N–H and O–H groups in total. The lowest BCUT2D eigenvalue weighted by molar-refractivity contribution is -0.137. The van der Waals surface area contributed by atoms with Crippen molar-refractivity contribution in [3.8, 4) is 17.2 Å². The van der Waals surface area contributed by atoms with E-state index in [4.69, 9.17) is 21.1 Å². The summed E-state index contributed by atoms with van der Waals surface area (Å²) in [5, 5.41) is 2.96. The molecule has 0 spiro atoms. The molecule has 0 aliphatic rings. The lowest BCUT2D eigenvalue weighted by Gasteiger charge is -2.16. The number of aromatic nitrogens is 1. The number of para-hydroxylation sites is 2. The Labute approximate surface area is 162 Å². The first-order valence-corrected chi connectivity index (χ1v) is 8.92. The van der Waals surface area contributed by atoms with Crippen molar-refractivity contribution in [2.24, 2.45) is 0 Å². The summed E-state index contributed by atoms with van der Waals surface area (Å²) in [6.45, 7) is 0.258. The third kappa shape index (κ3) is 4.84. The fourth-order valence-corrected chi connectivity index (χ4v) is 3.22. The quantitative estimate of drug-likeness (QED) is 0.519. The standard InChI is InChI=1S/C18H14ClF3N2O2S/c1-25-15-4-2-3-5-16(15)26-14-7-6-11(18(20,21)22)8-13(14)23-9-12-10-24-17(19)27-12/h2-8,10,23H,9H2,1H3. The number of methoxy groups -OCH3 is 1. The van der Waals surface area contributed by atoms with Gasteiger partial charge in [0, 0.05) is 11.1 Å². The van der Waals surface area contributed by atoms with Crippen molar-refractivity contribution in [2.75, 3.05) is 12.4 Å². The average molecular weight is 415 g/mol. The second kappa shape index (κ2) is 8.06. The average Bonchev–Trinajstić information content (AvgIpc) is 3.05. The van der Waals surface area contributed by atoms with Crippen LogP contribution in [0, 0.1) is 0 Å². The van der Waals surface area contributed by atoms with Crippen molar-refractivity contribution < 1.29 is 22.6 Å². The van der Waals surface area contributed by atoms with Gasteiger partial charge in [-0.15, -0.1) is 11.3 Å². The molecule has 0 aliphatic carbocycles. The van der Waals surface area contributed by atoms with Crippen molar-refractivity contribution in [3.63, 3.8) is 0 Å². The van der Waals surface area contributed by atoms with Gasteiger partial charge in [-0.1, -0.05) is 23.7 Å². The number of nitrogens with one attached hydrogen (secondary N) is 1. The lowest BCUT2D eigenvalue weighted by Crippen LogP contribution is -2.07. The lowest BCUT2D eigenvalue weighted by atomic mass is 10.1. The largest absolute Gasteiger partial charge is 0.493 e. The van der Waals surface area contributed by atoms with Crippen LogP contribution in [0.5, 0.6) is 17.2 Å². The topological polar surface area (TPSA) is 43.4 Å². The van der Waals surface area contributed by atoms with Crippen LogP contribution in [0.25, 0.3) is 0 Å². The highest BCUT2D eigenvalue weighted by Gasteiger charge is 2.31. The van der Waals surface area contributed by atoms with Crippen LogP contribution in [0.2, 0.25) is 4.47 Å². The monoisotopic (exact) mass is 414 g/mol. The molecule has 2 aromatic carbocycles. The van der Waals surface area contributed by atoms with Crippen molar-refractivity contribution >= 4 is 28.6 Å². The number of hydrogen-bond acceptors (Lipinski definition) is 5. The maximum atomic E-state index is 13.1. The van der Waals surface area contributed by atoms with Gasteiger partial charge >= 0.3 is 6.18 Å². The third-order valence-electron chi connectivity index (χ3n) is 3.57. The summed E-state index contributed by atoms with van der Waals surface area (Å²) in [5.74, 6) is 1.10. The Morgan fingerprint density at radius 1 is 1.11 bits per heavy atom. The first-order valence-electron chi connectivity index (χ1n) is 7.73. The van der Waals surface area contributed by atoms with E-state index in [1.807, 2.05) is 0 Å². The molecule has 1 heterocycles. The van der Waals surface area contributed by atoms with Gasteiger partial charge < -0.3 is 14.8 Å². The van der Waals surface area contributed by atoms with Gasteiger partial charge in [-0.2, -0.15) is 13.2 Å². The molecule has 27 heavy (non-hydrogen) atoms. The van der Waals surface area contributed by atoms with Crippen LogP contribution in [-0.4, -0.2) is 12.1 Å². The summed E-state index contributed by atoms with van der Waals surface area (Å²) >= 11 is 7.03. The molecular weight excluding hydrogens is 401 g/mol. The summed E-state index contributed by atoms with van der Waals surface area (Å²) < 4.78 is 50.7. The van der Waals surface area contributed by atoms with E-state index in [1.165, 1.54) is 24.5 Å². The van der Waals surface area contributed by atoms with Crippen LogP contribution in [-0.2, 0) is 12.7 Å². The van der Waals surface area contributed by atoms with Crippen molar-refractivity contribution in [1.82, 2.24) is 4.98 Å². The van der Waals surface area contributed by atoms with Gasteiger partial charge in [-0.05, 0) is 30.3 Å². The first-order chi connectivity index (χ1) is 12.9. The van der Waals surface area contributed by atoms with E-state index in [-0.39, 0.29) is 18.0 Å². The maximum Gasteiger partial charge on any atom is 0.416 e. The Bertz CT molecular complexity index is 931. The summed E-state index contributed by atoms with van der Waals surface area (Å²) in [6, 6.07) is 10.1. The zero-order valence-electron chi connectivity index (χ0n) is 14.0. The molecule has 0 bridgehead atoms. The molecular formula is C18H14ClF3N2O2S. The Hall–Kier alpha value is -2.45. The molecule has 3 aromatic rings. The molecule has 9 heteroatoms. The van der Waals surface area contributed by atoms with Gasteiger partial charge in [0.05, 0.1) is 24.9 Å². The van der Waals surface area contributed by atoms with E-state index in [0.29, 0.717) is 16.0 Å². The smallest absolute Gasteiger partial charge is 0.416 e. The molecule has 142 valence electrons. The molecule has 0 unspecified atom stereocenters. The molecule has 0 saturated carbocycles. The van der Waals surface area contributed by atoms with Gasteiger partial charge in [0.15, 0.2) is 21.7 Å². The summed E-state index contributed by atoms with van der Waals surface area (Å²) in [4.78, 5) is 4.69. The zero-order valence-corrected chi connectivity index (χ0v) is 15.6. The number of alkyl halides is 3. The Morgan fingerprint density at radius 3 is 2.48 bits per heavy atom. The second-order valence-corrected chi connectivity index (χ2v) is 7.09. The zero-order chi connectivity index (χ0) is 19.4. The van der Waals surface area contributed by atoms with E-state index in [2.05, 4.69) is 10.3 Å². The summed E-state index contributed by atoms with van der Waals surface area (Å²) in [5.41, 5.74) is -0.583. The van der Waals surface area contributed by atoms with E-state index in [0.717, 1.165) is 17.0 Å². The maximum absolute atomic E-state index is 13.1. The summed E-state index contributed by atoms with van der Waals surface area (Å²) in [7, 11) is 1.49. The highest BCUT2D eigenvalue weighted by molar-refractivity contribution is 7.15. The number of hydrogen-bond donors (Lipinski definition) is 1. The van der Waals surface area contributed by atoms with E-state index in [9.17, 15) is 13.2 Å². The van der Waals surface area contributed by atoms with E-state index in [1.54, 1.807) is 30.5 Å². The van der Waals surface area contributed by atoms with Crippen LogP contribution in [0.3, 0.4) is 0 Å². The number of benzene rings is 2. The molecule has 0 fully saturated rings. The van der Waals surface area contributed by atoms with Crippen molar-refractivity contribution in [2.45, 2.75) is 12.7 Å². The van der Waals surface area contributed by atoms with Gasteiger partial charge in [0.1, 0.15) is 0 Å². The number of nitrogens with zero attached hydrogens (tertiary/aromatic N) is 1. The number of thiazole rings is 1. The Morgan fingerprint density at radius 2 is 1.85 bits per heavy atom. The number of ether oxygens (including phenoxy) is 2. The van der Waals surface area contributed by atoms with Crippen LogP contribution >= 0.6 is 22.9 Å². The Balaban J connectivity index is 1.91. The normalized spacial score (nSPS) is 11.3.